The summed E-state index contributed by atoms with van der Waals surface area (Å²) in [5, 5.41) is 2.06. The minimum absolute atomic E-state index is 0.0475. The van der Waals surface area contributed by atoms with E-state index in [0.29, 0.717) is 45.3 Å². The van der Waals surface area contributed by atoms with Crippen LogP contribution in [0.3, 0.4) is 0 Å². The molecule has 0 radical (unpaired) electrons. The van der Waals surface area contributed by atoms with Crippen LogP contribution < -0.4 is 5.32 Å². The molecule has 5 aliphatic rings. The smallest absolute Gasteiger partial charge is 0.287 e. The second-order valence-electron chi connectivity index (χ2n) is 16.3. The monoisotopic (exact) mass is 702 g/mol. The Morgan fingerprint density at radius 1 is 0.980 bits per heavy atom. The quantitative estimate of drug-likeness (QED) is 0.267. The van der Waals surface area contributed by atoms with E-state index in [0.717, 1.165) is 51.4 Å². The summed E-state index contributed by atoms with van der Waals surface area (Å²) in [4.78, 5) is 70.3. The van der Waals surface area contributed by atoms with Crippen molar-refractivity contribution >= 4 is 39.0 Å². The molecule has 11 heteroatoms. The molecule has 3 aliphatic heterocycles. The van der Waals surface area contributed by atoms with Gasteiger partial charge in [0, 0.05) is 44.9 Å². The SMILES string of the molecule is C=CCNC(=O)C(=O)[C@@H]1CCCCCCCOC[C@H](CC(=O)CC2([C@H]3CCCS3(=O)=O)CCCCC2)C(=O)N2C[C@H]3[C@@H]([C@H]2C(=O)C1)C3(C)C. The standard InChI is InChI=1S/C38H58N2O8S/c1-4-18-39-35(44)34(43)26-14-9-6-5-7-12-19-48-25-27(36(45)40-24-29-32(37(29,2)3)33(40)30(42)22-26)21-28(41)23-38(16-10-8-11-17-38)31-15-13-20-49(31,46)47/h4,26-27,29,31-33H,1,5-25H2,2-3H3,(H,39,44)/t26-,27+,29+,31-,32+,33-/m1/s1. The van der Waals surface area contributed by atoms with Gasteiger partial charge in [0.25, 0.3) is 5.91 Å². The van der Waals surface area contributed by atoms with Crippen molar-refractivity contribution in [2.75, 3.05) is 32.1 Å². The molecule has 49 heavy (non-hydrogen) atoms. The average molecular weight is 703 g/mol. The third kappa shape index (κ3) is 8.40. The number of Topliss-reactive ketones (excluding diaryl/α,β-unsaturated/α-hetero) is 3. The van der Waals surface area contributed by atoms with Crippen LogP contribution in [0.5, 0.6) is 0 Å². The van der Waals surface area contributed by atoms with Gasteiger partial charge >= 0.3 is 0 Å². The van der Waals surface area contributed by atoms with E-state index in [1.807, 2.05) is 0 Å². The van der Waals surface area contributed by atoms with Crippen molar-refractivity contribution in [3.8, 4) is 0 Å². The number of amides is 2. The van der Waals surface area contributed by atoms with E-state index in [1.165, 1.54) is 6.08 Å². The Balaban J connectivity index is 1.37. The fourth-order valence-corrected chi connectivity index (χ4v) is 12.4. The maximum atomic E-state index is 14.5. The van der Waals surface area contributed by atoms with E-state index in [-0.39, 0.29) is 72.9 Å². The van der Waals surface area contributed by atoms with Gasteiger partial charge in [0.1, 0.15) is 5.78 Å². The lowest BCUT2D eigenvalue weighted by Crippen LogP contribution is -2.50. The van der Waals surface area contributed by atoms with Crippen LogP contribution in [0.25, 0.3) is 0 Å². The maximum Gasteiger partial charge on any atom is 0.287 e. The van der Waals surface area contributed by atoms with Crippen LogP contribution in [0.15, 0.2) is 12.7 Å². The Bertz CT molecular complexity index is 1380. The first-order valence-corrected chi connectivity index (χ1v) is 20.6. The number of fused-ring (bicyclic) bond motifs is 3. The molecule has 0 aromatic carbocycles. The van der Waals surface area contributed by atoms with Crippen LogP contribution >= 0.6 is 0 Å². The Hall–Kier alpha value is -2.40. The van der Waals surface area contributed by atoms with Crippen molar-refractivity contribution in [3.63, 3.8) is 0 Å². The number of carbonyl (C=O) groups is 5. The minimum atomic E-state index is -3.27. The molecule has 0 bridgehead atoms. The number of nitrogens with zero attached hydrogens (tertiary/aromatic N) is 1. The van der Waals surface area contributed by atoms with Gasteiger partial charge in [-0.2, -0.15) is 0 Å². The highest BCUT2D eigenvalue weighted by Gasteiger charge is 2.69. The van der Waals surface area contributed by atoms with E-state index in [1.54, 1.807) is 4.90 Å². The third-order valence-electron chi connectivity index (χ3n) is 12.7. The van der Waals surface area contributed by atoms with Crippen LogP contribution in [-0.4, -0.2) is 85.8 Å². The normalized spacial score (nSPS) is 33.2. The number of ketones is 3. The Morgan fingerprint density at radius 3 is 2.37 bits per heavy atom. The summed E-state index contributed by atoms with van der Waals surface area (Å²) >= 11 is 0. The van der Waals surface area contributed by atoms with Crippen molar-refractivity contribution in [2.45, 2.75) is 128 Å². The van der Waals surface area contributed by atoms with Crippen LogP contribution in [0.2, 0.25) is 0 Å². The van der Waals surface area contributed by atoms with Crippen molar-refractivity contribution in [2.24, 2.45) is 34.5 Å². The van der Waals surface area contributed by atoms with E-state index >= 15 is 0 Å². The predicted octanol–water partition coefficient (Wildman–Crippen LogP) is 4.78. The first kappa shape index (κ1) is 37.8. The largest absolute Gasteiger partial charge is 0.381 e. The van der Waals surface area contributed by atoms with Gasteiger partial charge in [-0.25, -0.2) is 8.42 Å². The van der Waals surface area contributed by atoms with E-state index in [4.69, 9.17) is 4.74 Å². The van der Waals surface area contributed by atoms with Gasteiger partial charge in [-0.1, -0.05) is 64.9 Å². The number of nitrogens with one attached hydrogen (secondary N) is 1. The Morgan fingerprint density at radius 2 is 1.67 bits per heavy atom. The lowest BCUT2D eigenvalue weighted by Gasteiger charge is -2.41. The van der Waals surface area contributed by atoms with Crippen LogP contribution in [0.1, 0.15) is 117 Å². The summed E-state index contributed by atoms with van der Waals surface area (Å²) in [6, 6.07) is -0.724. The number of hydrogen-bond acceptors (Lipinski definition) is 8. The summed E-state index contributed by atoms with van der Waals surface area (Å²) in [5.41, 5.74) is -0.717. The molecule has 2 aliphatic carbocycles. The minimum Gasteiger partial charge on any atom is -0.381 e. The molecule has 3 saturated heterocycles. The second kappa shape index (κ2) is 15.9. The van der Waals surface area contributed by atoms with E-state index in [9.17, 15) is 32.4 Å². The van der Waals surface area contributed by atoms with Gasteiger partial charge < -0.3 is 15.0 Å². The highest BCUT2D eigenvalue weighted by atomic mass is 32.2. The summed E-state index contributed by atoms with van der Waals surface area (Å²) in [5.74, 6) is -3.18. The fraction of sp³-hybridized carbons (Fsp3) is 0.816. The molecule has 6 atom stereocenters. The molecule has 1 N–H and O–H groups in total. The molecule has 5 rings (SSSR count). The first-order valence-electron chi connectivity index (χ1n) is 18.9. The Labute approximate surface area is 292 Å². The number of sulfone groups is 1. The summed E-state index contributed by atoms with van der Waals surface area (Å²) < 4.78 is 32.3. The fourth-order valence-electron chi connectivity index (χ4n) is 9.90. The van der Waals surface area contributed by atoms with Crippen molar-refractivity contribution in [1.29, 1.82) is 0 Å². The highest BCUT2D eigenvalue weighted by Crippen LogP contribution is 2.65. The molecule has 0 aromatic heterocycles. The van der Waals surface area contributed by atoms with Gasteiger partial charge in [0.2, 0.25) is 11.7 Å². The average Bonchev–Trinajstić information content (AvgIpc) is 3.37. The zero-order valence-electron chi connectivity index (χ0n) is 29.7. The molecular formula is C38H58N2O8S. The second-order valence-corrected chi connectivity index (χ2v) is 18.6. The molecular weight excluding hydrogens is 644 g/mol. The van der Waals surface area contributed by atoms with E-state index in [2.05, 4.69) is 25.7 Å². The van der Waals surface area contributed by atoms with Gasteiger partial charge in [0.05, 0.1) is 29.6 Å². The lowest BCUT2D eigenvalue weighted by molar-refractivity contribution is -0.147. The first-order chi connectivity index (χ1) is 23.3. The third-order valence-corrected chi connectivity index (χ3v) is 15.1. The topological polar surface area (TPSA) is 144 Å². The van der Waals surface area contributed by atoms with E-state index < -0.39 is 50.1 Å². The van der Waals surface area contributed by atoms with Gasteiger partial charge in [-0.05, 0) is 61.2 Å². The zero-order valence-corrected chi connectivity index (χ0v) is 30.5. The molecule has 274 valence electrons. The molecule has 2 amide bonds. The van der Waals surface area contributed by atoms with Gasteiger partial charge in [0.15, 0.2) is 15.6 Å². The molecule has 2 saturated carbocycles. The molecule has 3 heterocycles. The lowest BCUT2D eigenvalue weighted by atomic mass is 9.67. The number of piperidine rings is 1. The van der Waals surface area contributed by atoms with Crippen LogP contribution in [0, 0.1) is 34.5 Å². The Kier molecular flexibility index (Phi) is 12.3. The van der Waals surface area contributed by atoms with Gasteiger partial charge in [-0.15, -0.1) is 6.58 Å². The summed E-state index contributed by atoms with van der Waals surface area (Å²) in [6.45, 7) is 8.89. The van der Waals surface area contributed by atoms with Crippen LogP contribution in [0.4, 0.5) is 0 Å². The van der Waals surface area contributed by atoms with Crippen LogP contribution in [-0.2, 0) is 38.5 Å². The summed E-state index contributed by atoms with van der Waals surface area (Å²) in [6.07, 6.45) is 11.6. The number of rotatable bonds is 9. The van der Waals surface area contributed by atoms with Crippen molar-refractivity contribution in [3.05, 3.63) is 12.7 Å². The van der Waals surface area contributed by atoms with Crippen molar-refractivity contribution in [1.82, 2.24) is 10.2 Å². The zero-order chi connectivity index (χ0) is 35.4. The molecule has 0 spiro atoms. The number of carbonyl (C=O) groups excluding carboxylic acids is 5. The predicted molar refractivity (Wildman–Crippen MR) is 186 cm³/mol. The molecule has 0 aromatic rings. The number of ether oxygens (including phenoxy) is 1. The number of hydrogen-bond donors (Lipinski definition) is 1. The maximum absolute atomic E-state index is 14.5. The molecule has 5 fully saturated rings. The highest BCUT2D eigenvalue weighted by molar-refractivity contribution is 7.92. The molecule has 10 nitrogen and oxygen atoms in total. The molecule has 0 unspecified atom stereocenters. The van der Waals surface area contributed by atoms with Crippen molar-refractivity contribution < 1.29 is 37.1 Å². The summed E-state index contributed by atoms with van der Waals surface area (Å²) in [7, 11) is -3.27. The van der Waals surface area contributed by atoms with Gasteiger partial charge in [-0.3, -0.25) is 24.0 Å².